The van der Waals surface area contributed by atoms with Crippen LogP contribution < -0.4 is 0 Å². The molecule has 34 heavy (non-hydrogen) atoms. The lowest BCUT2D eigenvalue weighted by molar-refractivity contribution is -0.112. The highest BCUT2D eigenvalue weighted by atomic mass is 15.3. The first kappa shape index (κ1) is 27.4. The summed E-state index contributed by atoms with van der Waals surface area (Å²) in [5, 5.41) is 4.50. The number of rotatable bonds is 4. The zero-order valence-electron chi connectivity index (χ0n) is 23.4. The summed E-state index contributed by atoms with van der Waals surface area (Å²) in [5.41, 5.74) is 1.48. The molecule has 0 bridgehead atoms. The summed E-state index contributed by atoms with van der Waals surface area (Å²) in [7, 11) is 0. The maximum absolute atomic E-state index is 5.53. The van der Waals surface area contributed by atoms with Crippen molar-refractivity contribution in [3.8, 4) is 12.3 Å². The molecule has 192 valence electrons. The first-order chi connectivity index (χ1) is 16.6. The number of hydrogen-bond donors (Lipinski definition) is 0. The highest BCUT2D eigenvalue weighted by Gasteiger charge is 2.55. The Kier molecular flexibility index (Phi) is 10.2. The number of terminal acetylenes is 1. The van der Waals surface area contributed by atoms with Crippen LogP contribution in [0.25, 0.3) is 0 Å². The average Bonchev–Trinajstić information content (AvgIpc) is 3.37. The van der Waals surface area contributed by atoms with E-state index in [-0.39, 0.29) is 0 Å². The molecule has 0 spiro atoms. The number of aromatic nitrogens is 2. The first-order valence-electron chi connectivity index (χ1n) is 15.1. The molecule has 1 heterocycles. The van der Waals surface area contributed by atoms with Gasteiger partial charge in [0.15, 0.2) is 0 Å². The van der Waals surface area contributed by atoms with E-state index in [0.29, 0.717) is 5.41 Å². The predicted molar refractivity (Wildman–Crippen MR) is 146 cm³/mol. The molecular formula is C32H54N2. The molecule has 4 fully saturated rings. The van der Waals surface area contributed by atoms with Gasteiger partial charge in [0.1, 0.15) is 0 Å². The minimum atomic E-state index is 0.564. The van der Waals surface area contributed by atoms with E-state index in [4.69, 9.17) is 6.42 Å². The Hall–Kier alpha value is -1.23. The fraction of sp³-hybridized carbons (Fsp3) is 0.844. The zero-order valence-corrected chi connectivity index (χ0v) is 23.4. The first-order valence-corrected chi connectivity index (χ1v) is 15.1. The topological polar surface area (TPSA) is 17.8 Å². The summed E-state index contributed by atoms with van der Waals surface area (Å²) < 4.78 is 2.09. The van der Waals surface area contributed by atoms with Gasteiger partial charge in [-0.1, -0.05) is 66.7 Å². The lowest BCUT2D eigenvalue weighted by Gasteiger charge is -2.61. The van der Waals surface area contributed by atoms with Gasteiger partial charge in [-0.2, -0.15) is 5.10 Å². The molecule has 0 aromatic carbocycles. The molecule has 8 atom stereocenters. The summed E-state index contributed by atoms with van der Waals surface area (Å²) >= 11 is 0. The highest BCUT2D eigenvalue weighted by Crippen LogP contribution is 2.63. The van der Waals surface area contributed by atoms with Crippen molar-refractivity contribution in [2.75, 3.05) is 0 Å². The van der Waals surface area contributed by atoms with Crippen molar-refractivity contribution < 1.29 is 0 Å². The molecule has 5 rings (SSSR count). The standard InChI is InChI=1S/C28H42N2.2C2H6/c1-4-20-9-11-24-22(17-20)10-12-26-25(24)13-15-28(3)23(7-6-8-27(26)28)14-16-30-19-21(5-2)18-29-30;2*1-2/h2,18-20,22-27H,4,6-17H2,1,3H3;2*1-2H3. The average molecular weight is 467 g/mol. The second-order valence-corrected chi connectivity index (χ2v) is 11.6. The lowest BCUT2D eigenvalue weighted by atomic mass is 9.44. The van der Waals surface area contributed by atoms with E-state index in [1.807, 2.05) is 40.1 Å². The SMILES string of the molecule is C#Cc1cnn(CCC2CCCC3C4CCC5CC(CC)CCC5C4CCC23C)c1.CC.CC. The molecule has 4 aliphatic rings. The van der Waals surface area contributed by atoms with Gasteiger partial charge in [-0.3, -0.25) is 4.68 Å². The van der Waals surface area contributed by atoms with Crippen LogP contribution in [-0.4, -0.2) is 9.78 Å². The van der Waals surface area contributed by atoms with Crippen LogP contribution in [-0.2, 0) is 6.54 Å². The highest BCUT2D eigenvalue weighted by molar-refractivity contribution is 5.26. The largest absolute Gasteiger partial charge is 0.271 e. The molecule has 4 saturated carbocycles. The molecule has 4 aliphatic carbocycles. The van der Waals surface area contributed by atoms with Crippen LogP contribution >= 0.6 is 0 Å². The molecule has 1 aromatic heterocycles. The normalized spacial score (nSPS) is 38.4. The minimum absolute atomic E-state index is 0.564. The molecule has 2 heteroatoms. The number of fused-ring (bicyclic) bond motifs is 5. The van der Waals surface area contributed by atoms with Crippen LogP contribution in [0.1, 0.15) is 124 Å². The van der Waals surface area contributed by atoms with Gasteiger partial charge in [-0.25, -0.2) is 0 Å². The van der Waals surface area contributed by atoms with Crippen molar-refractivity contribution >= 4 is 0 Å². The van der Waals surface area contributed by atoms with Gasteiger partial charge in [0, 0.05) is 12.7 Å². The van der Waals surface area contributed by atoms with E-state index in [2.05, 4.69) is 29.5 Å². The molecule has 2 nitrogen and oxygen atoms in total. The molecule has 0 radical (unpaired) electrons. The molecule has 0 aliphatic heterocycles. The molecule has 0 amide bonds. The summed E-state index contributed by atoms with van der Waals surface area (Å²) in [5.74, 6) is 9.83. The van der Waals surface area contributed by atoms with Crippen molar-refractivity contribution in [1.29, 1.82) is 0 Å². The van der Waals surface area contributed by atoms with E-state index in [1.165, 1.54) is 51.4 Å². The van der Waals surface area contributed by atoms with E-state index in [0.717, 1.165) is 53.5 Å². The van der Waals surface area contributed by atoms with Crippen molar-refractivity contribution in [2.24, 2.45) is 46.8 Å². The Labute approximate surface area is 212 Å². The lowest BCUT2D eigenvalue weighted by Crippen LogP contribution is -2.52. The van der Waals surface area contributed by atoms with Crippen molar-refractivity contribution in [1.82, 2.24) is 9.78 Å². The number of aryl methyl sites for hydroxylation is 1. The number of hydrogen-bond acceptors (Lipinski definition) is 1. The third-order valence-electron chi connectivity index (χ3n) is 10.6. The van der Waals surface area contributed by atoms with Crippen LogP contribution in [0.4, 0.5) is 0 Å². The van der Waals surface area contributed by atoms with Crippen molar-refractivity contribution in [3.05, 3.63) is 18.0 Å². The van der Waals surface area contributed by atoms with Crippen molar-refractivity contribution in [2.45, 2.75) is 125 Å². The molecular weight excluding hydrogens is 412 g/mol. The van der Waals surface area contributed by atoms with Gasteiger partial charge in [-0.15, -0.1) is 6.42 Å². The Bertz CT molecular complexity index is 772. The van der Waals surface area contributed by atoms with Gasteiger partial charge in [-0.05, 0) is 105 Å². The fourth-order valence-electron chi connectivity index (χ4n) is 8.96. The van der Waals surface area contributed by atoms with Gasteiger partial charge in [0.25, 0.3) is 0 Å². The summed E-state index contributed by atoms with van der Waals surface area (Å²) in [6.45, 7) is 14.1. The molecule has 0 N–H and O–H groups in total. The second kappa shape index (κ2) is 12.6. The van der Waals surface area contributed by atoms with E-state index < -0.39 is 0 Å². The second-order valence-electron chi connectivity index (χ2n) is 11.6. The predicted octanol–water partition coefficient (Wildman–Crippen LogP) is 8.99. The van der Waals surface area contributed by atoms with Gasteiger partial charge in [0.05, 0.1) is 11.8 Å². The third kappa shape index (κ3) is 5.44. The molecule has 1 aromatic rings. The number of nitrogens with zero attached hydrogens (tertiary/aromatic N) is 2. The van der Waals surface area contributed by atoms with E-state index >= 15 is 0 Å². The quantitative estimate of drug-likeness (QED) is 0.405. The summed E-state index contributed by atoms with van der Waals surface area (Å²) in [4.78, 5) is 0. The Morgan fingerprint density at radius 3 is 2.47 bits per heavy atom. The van der Waals surface area contributed by atoms with Gasteiger partial charge in [0.2, 0.25) is 0 Å². The van der Waals surface area contributed by atoms with Crippen LogP contribution in [0.5, 0.6) is 0 Å². The Morgan fingerprint density at radius 1 is 1.00 bits per heavy atom. The summed E-state index contributed by atoms with van der Waals surface area (Å²) in [6, 6.07) is 0. The summed E-state index contributed by atoms with van der Waals surface area (Å²) in [6.07, 6.45) is 27.2. The molecule has 8 unspecified atom stereocenters. The smallest absolute Gasteiger partial charge is 0.0646 e. The fourth-order valence-corrected chi connectivity index (χ4v) is 8.96. The minimum Gasteiger partial charge on any atom is -0.271 e. The monoisotopic (exact) mass is 466 g/mol. The Morgan fingerprint density at radius 2 is 1.76 bits per heavy atom. The maximum Gasteiger partial charge on any atom is 0.0646 e. The van der Waals surface area contributed by atoms with E-state index in [9.17, 15) is 0 Å². The zero-order chi connectivity index (χ0) is 24.7. The van der Waals surface area contributed by atoms with Crippen LogP contribution in [0, 0.1) is 59.2 Å². The van der Waals surface area contributed by atoms with E-state index in [1.54, 1.807) is 25.7 Å². The van der Waals surface area contributed by atoms with Crippen LogP contribution in [0.2, 0.25) is 0 Å². The van der Waals surface area contributed by atoms with Gasteiger partial charge < -0.3 is 0 Å². The Balaban J connectivity index is 0.000000771. The third-order valence-corrected chi connectivity index (χ3v) is 10.6. The van der Waals surface area contributed by atoms with Gasteiger partial charge >= 0.3 is 0 Å². The maximum atomic E-state index is 5.53. The molecule has 0 saturated heterocycles. The van der Waals surface area contributed by atoms with Crippen LogP contribution in [0.3, 0.4) is 0 Å². The van der Waals surface area contributed by atoms with Crippen molar-refractivity contribution in [3.63, 3.8) is 0 Å². The van der Waals surface area contributed by atoms with Crippen LogP contribution in [0.15, 0.2) is 12.4 Å².